The first-order chi connectivity index (χ1) is 6.35. The second-order valence-electron chi connectivity index (χ2n) is 4.75. The first kappa shape index (κ1) is 9.79. The fourth-order valence-corrected chi connectivity index (χ4v) is 2.94. The smallest absolute Gasteiger partial charge is 0.0406 e. The van der Waals surface area contributed by atoms with Gasteiger partial charge in [-0.2, -0.15) is 0 Å². The van der Waals surface area contributed by atoms with Crippen molar-refractivity contribution in [1.29, 1.82) is 0 Å². The minimum absolute atomic E-state index is 0.337. The Hall–Kier alpha value is 0.250. The van der Waals surface area contributed by atoms with Crippen LogP contribution in [0.3, 0.4) is 0 Å². The highest BCUT2D eigenvalue weighted by Crippen LogP contribution is 2.34. The molecule has 0 aromatic carbocycles. The van der Waals surface area contributed by atoms with E-state index in [1.54, 1.807) is 0 Å². The third-order valence-electron chi connectivity index (χ3n) is 3.68. The maximum Gasteiger partial charge on any atom is 0.0406 e. The van der Waals surface area contributed by atoms with Gasteiger partial charge in [-0.3, -0.25) is 0 Å². The number of alkyl halides is 1. The van der Waals surface area contributed by atoms with Crippen molar-refractivity contribution in [1.82, 2.24) is 5.32 Å². The second-order valence-corrected chi connectivity index (χ2v) is 5.01. The predicted octanol–water partition coefficient (Wildman–Crippen LogP) is 3.07. The molecule has 0 radical (unpaired) electrons. The lowest BCUT2D eigenvalue weighted by atomic mass is 9.77. The molecule has 1 nitrogen and oxygen atoms in total. The van der Waals surface area contributed by atoms with Crippen LogP contribution in [0.25, 0.3) is 0 Å². The van der Waals surface area contributed by atoms with Gasteiger partial charge in [-0.15, -0.1) is 11.6 Å². The van der Waals surface area contributed by atoms with Crippen LogP contribution in [0, 0.1) is 0 Å². The summed E-state index contributed by atoms with van der Waals surface area (Å²) >= 11 is 6.02. The molecule has 0 atom stereocenters. The number of nitrogens with one attached hydrogen (secondary N) is 1. The van der Waals surface area contributed by atoms with Crippen molar-refractivity contribution in [2.45, 2.75) is 62.9 Å². The Balaban J connectivity index is 1.81. The fraction of sp³-hybridized carbons (Fsp3) is 1.00. The zero-order valence-electron chi connectivity index (χ0n) is 8.32. The summed E-state index contributed by atoms with van der Waals surface area (Å²) in [5, 5.41) is 3.79. The zero-order valence-corrected chi connectivity index (χ0v) is 9.08. The normalized spacial score (nSPS) is 28.4. The average Bonchev–Trinajstić information content (AvgIpc) is 2.13. The molecule has 0 saturated heterocycles. The highest BCUT2D eigenvalue weighted by molar-refractivity contribution is 6.18. The maximum atomic E-state index is 6.02. The minimum atomic E-state index is 0.337. The Bertz CT molecular complexity index is 154. The number of hydrogen-bond acceptors (Lipinski definition) is 1. The van der Waals surface area contributed by atoms with E-state index in [1.165, 1.54) is 51.4 Å². The van der Waals surface area contributed by atoms with E-state index >= 15 is 0 Å². The monoisotopic (exact) mass is 201 g/mol. The van der Waals surface area contributed by atoms with Crippen LogP contribution in [0.1, 0.15) is 51.4 Å². The van der Waals surface area contributed by atoms with Crippen LogP contribution in [0.15, 0.2) is 0 Å². The molecule has 0 unspecified atom stereocenters. The second kappa shape index (κ2) is 4.18. The topological polar surface area (TPSA) is 12.0 Å². The third kappa shape index (κ3) is 2.19. The van der Waals surface area contributed by atoms with Gasteiger partial charge in [-0.1, -0.05) is 19.3 Å². The standard InChI is InChI=1S/C11H20ClN/c12-9-11(7-4-8-11)13-10-5-2-1-3-6-10/h10,13H,1-9H2. The summed E-state index contributed by atoms with van der Waals surface area (Å²) in [7, 11) is 0. The summed E-state index contributed by atoms with van der Waals surface area (Å²) < 4.78 is 0. The Morgan fingerprint density at radius 3 is 2.23 bits per heavy atom. The summed E-state index contributed by atoms with van der Waals surface area (Å²) in [5.41, 5.74) is 0.337. The molecular formula is C11H20ClN. The molecule has 2 aliphatic carbocycles. The quantitative estimate of drug-likeness (QED) is 0.693. The first-order valence-electron chi connectivity index (χ1n) is 5.68. The van der Waals surface area contributed by atoms with E-state index in [4.69, 9.17) is 11.6 Å². The Labute approximate surface area is 86.2 Å². The number of halogens is 1. The van der Waals surface area contributed by atoms with E-state index in [0.717, 1.165) is 11.9 Å². The summed E-state index contributed by atoms with van der Waals surface area (Å²) in [6, 6.07) is 0.771. The molecule has 0 aliphatic heterocycles. The van der Waals surface area contributed by atoms with Gasteiger partial charge in [0, 0.05) is 17.5 Å². The van der Waals surface area contributed by atoms with E-state index in [9.17, 15) is 0 Å². The van der Waals surface area contributed by atoms with E-state index < -0.39 is 0 Å². The Morgan fingerprint density at radius 1 is 1.08 bits per heavy atom. The summed E-state index contributed by atoms with van der Waals surface area (Å²) in [6.45, 7) is 0. The van der Waals surface area contributed by atoms with Crippen molar-refractivity contribution in [2.75, 3.05) is 5.88 Å². The van der Waals surface area contributed by atoms with Gasteiger partial charge >= 0.3 is 0 Å². The maximum absolute atomic E-state index is 6.02. The lowest BCUT2D eigenvalue weighted by Crippen LogP contribution is -2.56. The van der Waals surface area contributed by atoms with E-state index in [0.29, 0.717) is 5.54 Å². The van der Waals surface area contributed by atoms with Crippen LogP contribution in [-0.2, 0) is 0 Å². The van der Waals surface area contributed by atoms with Gasteiger partial charge in [0.1, 0.15) is 0 Å². The van der Waals surface area contributed by atoms with Crippen molar-refractivity contribution in [2.24, 2.45) is 0 Å². The molecule has 0 aromatic rings. The predicted molar refractivity (Wildman–Crippen MR) is 57.3 cm³/mol. The molecule has 2 fully saturated rings. The average molecular weight is 202 g/mol. The molecule has 2 aliphatic rings. The van der Waals surface area contributed by atoms with Gasteiger partial charge in [0.25, 0.3) is 0 Å². The van der Waals surface area contributed by atoms with Crippen LogP contribution in [0.2, 0.25) is 0 Å². The molecule has 0 heterocycles. The molecule has 0 amide bonds. The number of hydrogen-bond donors (Lipinski definition) is 1. The van der Waals surface area contributed by atoms with Crippen molar-refractivity contribution < 1.29 is 0 Å². The summed E-state index contributed by atoms with van der Waals surface area (Å²) in [5.74, 6) is 0.809. The van der Waals surface area contributed by atoms with Crippen LogP contribution < -0.4 is 5.32 Å². The first-order valence-corrected chi connectivity index (χ1v) is 6.22. The highest BCUT2D eigenvalue weighted by Gasteiger charge is 2.37. The van der Waals surface area contributed by atoms with Crippen LogP contribution in [-0.4, -0.2) is 17.5 Å². The molecule has 2 rings (SSSR count). The van der Waals surface area contributed by atoms with Crippen molar-refractivity contribution in [3.05, 3.63) is 0 Å². The van der Waals surface area contributed by atoms with Gasteiger partial charge in [-0.05, 0) is 32.1 Å². The van der Waals surface area contributed by atoms with Crippen molar-refractivity contribution in [3.8, 4) is 0 Å². The van der Waals surface area contributed by atoms with Gasteiger partial charge in [0.15, 0.2) is 0 Å². The molecule has 0 aromatic heterocycles. The third-order valence-corrected chi connectivity index (χ3v) is 4.19. The summed E-state index contributed by atoms with van der Waals surface area (Å²) in [4.78, 5) is 0. The van der Waals surface area contributed by atoms with Crippen LogP contribution >= 0.6 is 11.6 Å². The molecule has 0 bridgehead atoms. The SMILES string of the molecule is ClCC1(NC2CCCCC2)CCC1. The lowest BCUT2D eigenvalue weighted by Gasteiger charge is -2.44. The largest absolute Gasteiger partial charge is 0.307 e. The van der Waals surface area contributed by atoms with Crippen LogP contribution in [0.5, 0.6) is 0 Å². The molecular weight excluding hydrogens is 182 g/mol. The van der Waals surface area contributed by atoms with Crippen molar-refractivity contribution in [3.63, 3.8) is 0 Å². The van der Waals surface area contributed by atoms with Crippen molar-refractivity contribution >= 4 is 11.6 Å². The van der Waals surface area contributed by atoms with E-state index in [1.807, 2.05) is 0 Å². The number of rotatable bonds is 3. The van der Waals surface area contributed by atoms with E-state index in [2.05, 4.69) is 5.32 Å². The Kier molecular flexibility index (Phi) is 3.15. The molecule has 76 valence electrons. The van der Waals surface area contributed by atoms with Gasteiger partial charge < -0.3 is 5.32 Å². The lowest BCUT2D eigenvalue weighted by molar-refractivity contribution is 0.171. The molecule has 13 heavy (non-hydrogen) atoms. The molecule has 2 heteroatoms. The molecule has 0 spiro atoms. The summed E-state index contributed by atoms with van der Waals surface area (Å²) in [6.07, 6.45) is 11.0. The highest BCUT2D eigenvalue weighted by atomic mass is 35.5. The minimum Gasteiger partial charge on any atom is -0.307 e. The van der Waals surface area contributed by atoms with Gasteiger partial charge in [0.05, 0.1) is 0 Å². The van der Waals surface area contributed by atoms with Gasteiger partial charge in [0.2, 0.25) is 0 Å². The Morgan fingerprint density at radius 2 is 1.77 bits per heavy atom. The van der Waals surface area contributed by atoms with E-state index in [-0.39, 0.29) is 0 Å². The molecule has 2 saturated carbocycles. The zero-order chi connectivity index (χ0) is 9.15. The fourth-order valence-electron chi connectivity index (χ4n) is 2.60. The molecule has 1 N–H and O–H groups in total. The van der Waals surface area contributed by atoms with Gasteiger partial charge in [-0.25, -0.2) is 0 Å². The van der Waals surface area contributed by atoms with Crippen LogP contribution in [0.4, 0.5) is 0 Å².